The minimum atomic E-state index is -0.261. The van der Waals surface area contributed by atoms with Gasteiger partial charge in [0, 0.05) is 26.8 Å². The summed E-state index contributed by atoms with van der Waals surface area (Å²) in [5.74, 6) is -0.220. The Kier molecular flexibility index (Phi) is 5.38. The second-order valence-corrected chi connectivity index (χ2v) is 3.58. The fourth-order valence-electron chi connectivity index (χ4n) is 1.41. The fourth-order valence-corrected chi connectivity index (χ4v) is 1.41. The second kappa shape index (κ2) is 6.58. The molecule has 0 heterocycles. The first kappa shape index (κ1) is 13.1. The van der Waals surface area contributed by atoms with E-state index >= 15 is 0 Å². The number of nitrogens with one attached hydrogen (secondary N) is 1. The average Bonchev–Trinajstić information content (AvgIpc) is 2.31. The molecule has 1 rings (SSSR count). The van der Waals surface area contributed by atoms with E-state index in [4.69, 9.17) is 9.47 Å². The predicted molar refractivity (Wildman–Crippen MR) is 60.6 cm³/mol. The molecule has 90 valence electrons. The molecule has 4 heteroatoms. The Hall–Kier alpha value is -0.970. The summed E-state index contributed by atoms with van der Waals surface area (Å²) < 4.78 is 22.8. The zero-order valence-electron chi connectivity index (χ0n) is 9.87. The molecule has 1 N–H and O–H groups in total. The molecule has 0 saturated carbocycles. The smallest absolute Gasteiger partial charge is 0.169 e. The van der Waals surface area contributed by atoms with Crippen LogP contribution in [0.1, 0.15) is 18.5 Å². The number of halogens is 1. The van der Waals surface area contributed by atoms with Crippen LogP contribution in [0.4, 0.5) is 4.39 Å². The quantitative estimate of drug-likeness (QED) is 0.755. The molecule has 1 aromatic rings. The Bertz CT molecular complexity index is 298. The van der Waals surface area contributed by atoms with Crippen molar-refractivity contribution in [3.63, 3.8) is 0 Å². The van der Waals surface area contributed by atoms with Crippen molar-refractivity contribution in [2.24, 2.45) is 0 Å². The summed E-state index contributed by atoms with van der Waals surface area (Å²) in [4.78, 5) is 0. The van der Waals surface area contributed by atoms with E-state index in [0.717, 1.165) is 5.56 Å². The summed E-state index contributed by atoms with van der Waals surface area (Å²) in [6.07, 6.45) is -0.261. The van der Waals surface area contributed by atoms with Crippen molar-refractivity contribution in [3.8, 4) is 0 Å². The van der Waals surface area contributed by atoms with E-state index in [1.807, 2.05) is 6.92 Å². The molecule has 0 saturated heterocycles. The normalized spacial score (nSPS) is 13.1. The second-order valence-electron chi connectivity index (χ2n) is 3.58. The summed E-state index contributed by atoms with van der Waals surface area (Å²) in [6, 6.07) is 6.58. The molecular formula is C12H18FNO2. The first-order valence-corrected chi connectivity index (χ1v) is 5.21. The minimum absolute atomic E-state index is 0.133. The van der Waals surface area contributed by atoms with Gasteiger partial charge in [0.25, 0.3) is 0 Å². The van der Waals surface area contributed by atoms with Crippen LogP contribution in [0.5, 0.6) is 0 Å². The lowest BCUT2D eigenvalue weighted by atomic mass is 10.1. The van der Waals surface area contributed by atoms with Crippen LogP contribution in [-0.4, -0.2) is 27.1 Å². The SMILES string of the molecule is COC(CNC(C)c1ccc(F)cc1)OC. The number of benzene rings is 1. The van der Waals surface area contributed by atoms with Crippen molar-refractivity contribution in [1.82, 2.24) is 5.32 Å². The highest BCUT2D eigenvalue weighted by molar-refractivity contribution is 5.19. The van der Waals surface area contributed by atoms with Crippen LogP contribution in [0.25, 0.3) is 0 Å². The zero-order valence-corrected chi connectivity index (χ0v) is 9.87. The van der Waals surface area contributed by atoms with Crippen molar-refractivity contribution >= 4 is 0 Å². The van der Waals surface area contributed by atoms with E-state index in [0.29, 0.717) is 6.54 Å². The lowest BCUT2D eigenvalue weighted by Crippen LogP contribution is -2.31. The van der Waals surface area contributed by atoms with Gasteiger partial charge in [0.1, 0.15) is 5.82 Å². The maximum absolute atomic E-state index is 12.7. The number of rotatable bonds is 6. The molecule has 0 aliphatic carbocycles. The topological polar surface area (TPSA) is 30.5 Å². The van der Waals surface area contributed by atoms with Crippen LogP contribution >= 0.6 is 0 Å². The maximum Gasteiger partial charge on any atom is 0.169 e. The number of methoxy groups -OCH3 is 2. The van der Waals surface area contributed by atoms with Gasteiger partial charge in [-0.15, -0.1) is 0 Å². The van der Waals surface area contributed by atoms with Crippen LogP contribution in [0.15, 0.2) is 24.3 Å². The van der Waals surface area contributed by atoms with Crippen LogP contribution in [0.2, 0.25) is 0 Å². The van der Waals surface area contributed by atoms with E-state index in [-0.39, 0.29) is 18.1 Å². The molecule has 1 aromatic carbocycles. The van der Waals surface area contributed by atoms with Gasteiger partial charge in [-0.1, -0.05) is 12.1 Å². The van der Waals surface area contributed by atoms with Crippen LogP contribution in [0.3, 0.4) is 0 Å². The molecule has 16 heavy (non-hydrogen) atoms. The van der Waals surface area contributed by atoms with Gasteiger partial charge in [-0.25, -0.2) is 4.39 Å². The van der Waals surface area contributed by atoms with Gasteiger partial charge in [-0.3, -0.25) is 0 Å². The van der Waals surface area contributed by atoms with Gasteiger partial charge < -0.3 is 14.8 Å². The Balaban J connectivity index is 2.46. The first-order chi connectivity index (χ1) is 7.67. The largest absolute Gasteiger partial charge is 0.355 e. The molecule has 0 bridgehead atoms. The molecule has 1 unspecified atom stereocenters. The lowest BCUT2D eigenvalue weighted by Gasteiger charge is -2.18. The summed E-state index contributed by atoms with van der Waals surface area (Å²) in [7, 11) is 3.19. The Labute approximate surface area is 95.6 Å². The highest BCUT2D eigenvalue weighted by atomic mass is 19.1. The fraction of sp³-hybridized carbons (Fsp3) is 0.500. The molecule has 3 nitrogen and oxygen atoms in total. The molecule has 0 aliphatic rings. The maximum atomic E-state index is 12.7. The van der Waals surface area contributed by atoms with Crippen LogP contribution in [-0.2, 0) is 9.47 Å². The number of hydrogen-bond acceptors (Lipinski definition) is 3. The van der Waals surface area contributed by atoms with Crippen LogP contribution < -0.4 is 5.32 Å². The highest BCUT2D eigenvalue weighted by Crippen LogP contribution is 2.12. The molecule has 1 atom stereocenters. The summed E-state index contributed by atoms with van der Waals surface area (Å²) in [5.41, 5.74) is 1.03. The van der Waals surface area contributed by atoms with Gasteiger partial charge >= 0.3 is 0 Å². The van der Waals surface area contributed by atoms with Gasteiger partial charge in [-0.05, 0) is 24.6 Å². The molecule has 0 aliphatic heterocycles. The third-order valence-electron chi connectivity index (χ3n) is 2.49. The van der Waals surface area contributed by atoms with Crippen LogP contribution in [0, 0.1) is 5.82 Å². The summed E-state index contributed by atoms with van der Waals surface area (Å²) in [6.45, 7) is 2.60. The molecular weight excluding hydrogens is 209 g/mol. The van der Waals surface area contributed by atoms with Crippen molar-refractivity contribution in [3.05, 3.63) is 35.6 Å². The molecule has 0 fully saturated rings. The molecule has 0 amide bonds. The third-order valence-corrected chi connectivity index (χ3v) is 2.49. The van der Waals surface area contributed by atoms with Crippen molar-refractivity contribution in [2.45, 2.75) is 19.3 Å². The highest BCUT2D eigenvalue weighted by Gasteiger charge is 2.09. The first-order valence-electron chi connectivity index (χ1n) is 5.21. The van der Waals surface area contributed by atoms with Crippen molar-refractivity contribution in [1.29, 1.82) is 0 Å². The zero-order chi connectivity index (χ0) is 12.0. The van der Waals surface area contributed by atoms with E-state index in [2.05, 4.69) is 5.32 Å². The molecule has 0 spiro atoms. The Morgan fingerprint density at radius 3 is 2.25 bits per heavy atom. The number of ether oxygens (including phenoxy) is 2. The standard InChI is InChI=1S/C12H18FNO2/c1-9(14-8-12(15-2)16-3)10-4-6-11(13)7-5-10/h4-7,9,12,14H,8H2,1-3H3. The van der Waals surface area contributed by atoms with Gasteiger partial charge in [0.15, 0.2) is 6.29 Å². The average molecular weight is 227 g/mol. The number of hydrogen-bond donors (Lipinski definition) is 1. The van der Waals surface area contributed by atoms with E-state index in [1.165, 1.54) is 12.1 Å². The van der Waals surface area contributed by atoms with E-state index in [9.17, 15) is 4.39 Å². The minimum Gasteiger partial charge on any atom is -0.355 e. The molecule has 0 aromatic heterocycles. The van der Waals surface area contributed by atoms with E-state index < -0.39 is 0 Å². The van der Waals surface area contributed by atoms with Gasteiger partial charge in [0.05, 0.1) is 0 Å². The van der Waals surface area contributed by atoms with E-state index in [1.54, 1.807) is 26.4 Å². The third kappa shape index (κ3) is 3.89. The summed E-state index contributed by atoms with van der Waals surface area (Å²) in [5, 5.41) is 3.25. The Morgan fingerprint density at radius 1 is 1.19 bits per heavy atom. The summed E-state index contributed by atoms with van der Waals surface area (Å²) >= 11 is 0. The van der Waals surface area contributed by atoms with Gasteiger partial charge in [-0.2, -0.15) is 0 Å². The predicted octanol–water partition coefficient (Wildman–Crippen LogP) is 2.10. The molecule has 0 radical (unpaired) electrons. The van der Waals surface area contributed by atoms with Gasteiger partial charge in [0.2, 0.25) is 0 Å². The Morgan fingerprint density at radius 2 is 1.75 bits per heavy atom. The van der Waals surface area contributed by atoms with Crippen molar-refractivity contribution in [2.75, 3.05) is 20.8 Å². The van der Waals surface area contributed by atoms with Crippen molar-refractivity contribution < 1.29 is 13.9 Å². The lowest BCUT2D eigenvalue weighted by molar-refractivity contribution is -0.0997. The monoisotopic (exact) mass is 227 g/mol.